The first-order valence-corrected chi connectivity index (χ1v) is 11.4. The molecule has 1 aromatic rings. The summed E-state index contributed by atoms with van der Waals surface area (Å²) in [5, 5.41) is 2.92. The van der Waals surface area contributed by atoms with Crippen LogP contribution >= 0.6 is 0 Å². The molecule has 2 atom stereocenters. The molecule has 31 heavy (non-hydrogen) atoms. The summed E-state index contributed by atoms with van der Waals surface area (Å²) in [4.78, 5) is 38.6. The molecular formula is C24H34N2O5. The Bertz CT molecular complexity index is 748. The highest BCUT2D eigenvalue weighted by atomic mass is 16.5. The Morgan fingerprint density at radius 1 is 0.903 bits per heavy atom. The number of rotatable bonds is 7. The first kappa shape index (κ1) is 23.1. The summed E-state index contributed by atoms with van der Waals surface area (Å²) in [5.74, 6) is -0.332. The van der Waals surface area contributed by atoms with Crippen molar-refractivity contribution in [2.24, 2.45) is 0 Å². The third-order valence-electron chi connectivity index (χ3n) is 6.24. The number of benzene rings is 1. The van der Waals surface area contributed by atoms with Crippen molar-refractivity contribution in [1.29, 1.82) is 0 Å². The Labute approximate surface area is 184 Å². The maximum atomic E-state index is 12.5. The van der Waals surface area contributed by atoms with Gasteiger partial charge in [-0.3, -0.25) is 9.59 Å². The van der Waals surface area contributed by atoms with Gasteiger partial charge in [-0.2, -0.15) is 0 Å². The fraction of sp³-hybridized carbons (Fsp3) is 0.625. The molecule has 2 aliphatic rings. The molecule has 1 aliphatic carbocycles. The van der Waals surface area contributed by atoms with Gasteiger partial charge in [0.05, 0.1) is 5.56 Å². The largest absolute Gasteiger partial charge is 0.484 e. The standard InChI is InChI=1S/C24H34N2O5/c1-17-7-6-8-18(2)26(17)23(28)16-30-21-13-11-19(12-14-21)24(29)31-15-22(27)25-20-9-4-3-5-10-20/h11-14,17-18,20H,3-10,15-16H2,1-2H3,(H,25,27). The van der Waals surface area contributed by atoms with Gasteiger partial charge in [0.25, 0.3) is 11.8 Å². The predicted octanol–water partition coefficient (Wildman–Crippen LogP) is 3.46. The highest BCUT2D eigenvalue weighted by molar-refractivity contribution is 5.91. The third-order valence-corrected chi connectivity index (χ3v) is 6.24. The lowest BCUT2D eigenvalue weighted by Gasteiger charge is -2.38. The van der Waals surface area contributed by atoms with E-state index < -0.39 is 5.97 Å². The van der Waals surface area contributed by atoms with Crippen LogP contribution in [0.2, 0.25) is 0 Å². The average molecular weight is 431 g/mol. The van der Waals surface area contributed by atoms with Gasteiger partial charge < -0.3 is 19.7 Å². The molecule has 0 aromatic heterocycles. The minimum absolute atomic E-state index is 0.0211. The average Bonchev–Trinajstić information content (AvgIpc) is 2.77. The predicted molar refractivity (Wildman–Crippen MR) is 117 cm³/mol. The van der Waals surface area contributed by atoms with Gasteiger partial charge in [0.2, 0.25) is 0 Å². The summed E-state index contributed by atoms with van der Waals surface area (Å²) in [6.07, 6.45) is 8.62. The molecule has 0 radical (unpaired) electrons. The van der Waals surface area contributed by atoms with Gasteiger partial charge in [-0.25, -0.2) is 4.79 Å². The van der Waals surface area contributed by atoms with Crippen LogP contribution in [0.5, 0.6) is 5.75 Å². The number of nitrogens with zero attached hydrogens (tertiary/aromatic N) is 1. The molecule has 7 nitrogen and oxygen atoms in total. The molecular weight excluding hydrogens is 396 g/mol. The van der Waals surface area contributed by atoms with Crippen molar-refractivity contribution in [3.63, 3.8) is 0 Å². The molecule has 1 aliphatic heterocycles. The molecule has 1 heterocycles. The van der Waals surface area contributed by atoms with Gasteiger partial charge in [-0.05, 0) is 70.2 Å². The van der Waals surface area contributed by atoms with Crippen molar-refractivity contribution < 1.29 is 23.9 Å². The monoisotopic (exact) mass is 430 g/mol. The van der Waals surface area contributed by atoms with E-state index in [1.54, 1.807) is 24.3 Å². The van der Waals surface area contributed by atoms with Gasteiger partial charge in [0.15, 0.2) is 13.2 Å². The molecule has 3 rings (SSSR count). The summed E-state index contributed by atoms with van der Waals surface area (Å²) in [6.45, 7) is 3.83. The van der Waals surface area contributed by atoms with Crippen LogP contribution in [-0.2, 0) is 14.3 Å². The normalized spacial score (nSPS) is 21.9. The maximum absolute atomic E-state index is 12.5. The summed E-state index contributed by atoms with van der Waals surface area (Å²) in [7, 11) is 0. The highest BCUT2D eigenvalue weighted by Crippen LogP contribution is 2.23. The molecule has 1 saturated carbocycles. The minimum atomic E-state index is -0.558. The van der Waals surface area contributed by atoms with Gasteiger partial charge in [-0.15, -0.1) is 0 Å². The smallest absolute Gasteiger partial charge is 0.338 e. The molecule has 2 fully saturated rings. The fourth-order valence-electron chi connectivity index (χ4n) is 4.55. The van der Waals surface area contributed by atoms with Crippen molar-refractivity contribution in [1.82, 2.24) is 10.2 Å². The Morgan fingerprint density at radius 3 is 2.19 bits per heavy atom. The highest BCUT2D eigenvalue weighted by Gasteiger charge is 2.29. The summed E-state index contributed by atoms with van der Waals surface area (Å²) >= 11 is 0. The first-order valence-electron chi connectivity index (χ1n) is 11.4. The van der Waals surface area contributed by atoms with Crippen LogP contribution in [-0.4, -0.2) is 54.0 Å². The van der Waals surface area contributed by atoms with E-state index in [9.17, 15) is 14.4 Å². The van der Waals surface area contributed by atoms with E-state index in [-0.39, 0.29) is 43.2 Å². The molecule has 1 aromatic carbocycles. The van der Waals surface area contributed by atoms with Crippen LogP contribution in [0.3, 0.4) is 0 Å². The van der Waals surface area contributed by atoms with Crippen LogP contribution in [0.4, 0.5) is 0 Å². The molecule has 1 N–H and O–H groups in total. The number of piperidine rings is 1. The van der Waals surface area contributed by atoms with E-state index in [1.807, 2.05) is 4.90 Å². The van der Waals surface area contributed by atoms with E-state index in [1.165, 1.54) is 6.42 Å². The summed E-state index contributed by atoms with van der Waals surface area (Å²) < 4.78 is 10.7. The molecule has 2 unspecified atom stereocenters. The Morgan fingerprint density at radius 2 is 1.55 bits per heavy atom. The van der Waals surface area contributed by atoms with Crippen LogP contribution in [0.1, 0.15) is 75.6 Å². The number of nitrogens with one attached hydrogen (secondary N) is 1. The third kappa shape index (κ3) is 6.71. The number of hydrogen-bond acceptors (Lipinski definition) is 5. The van der Waals surface area contributed by atoms with E-state index in [0.29, 0.717) is 11.3 Å². The van der Waals surface area contributed by atoms with Crippen molar-refractivity contribution in [2.75, 3.05) is 13.2 Å². The van der Waals surface area contributed by atoms with Crippen molar-refractivity contribution in [2.45, 2.75) is 83.3 Å². The van der Waals surface area contributed by atoms with Gasteiger partial charge >= 0.3 is 5.97 Å². The quantitative estimate of drug-likeness (QED) is 0.670. The molecule has 1 saturated heterocycles. The topological polar surface area (TPSA) is 84.9 Å². The van der Waals surface area contributed by atoms with Gasteiger partial charge in [0, 0.05) is 18.1 Å². The molecule has 170 valence electrons. The van der Waals surface area contributed by atoms with E-state index in [2.05, 4.69) is 19.2 Å². The van der Waals surface area contributed by atoms with Crippen LogP contribution in [0.25, 0.3) is 0 Å². The Kier molecular flexibility index (Phi) is 8.32. The zero-order valence-electron chi connectivity index (χ0n) is 18.6. The second-order valence-corrected chi connectivity index (χ2v) is 8.72. The van der Waals surface area contributed by atoms with Crippen LogP contribution in [0, 0.1) is 0 Å². The van der Waals surface area contributed by atoms with Crippen LogP contribution < -0.4 is 10.1 Å². The number of amides is 2. The van der Waals surface area contributed by atoms with Crippen molar-refractivity contribution >= 4 is 17.8 Å². The second kappa shape index (κ2) is 11.2. The minimum Gasteiger partial charge on any atom is -0.484 e. The maximum Gasteiger partial charge on any atom is 0.338 e. The number of carbonyl (C=O) groups is 3. The molecule has 2 amide bonds. The van der Waals surface area contributed by atoms with Gasteiger partial charge in [0.1, 0.15) is 5.75 Å². The second-order valence-electron chi connectivity index (χ2n) is 8.72. The zero-order chi connectivity index (χ0) is 22.2. The molecule has 0 spiro atoms. The van der Waals surface area contributed by atoms with Crippen molar-refractivity contribution in [3.05, 3.63) is 29.8 Å². The number of esters is 1. The number of hydrogen-bond donors (Lipinski definition) is 1. The number of carbonyl (C=O) groups excluding carboxylic acids is 3. The van der Waals surface area contributed by atoms with E-state index in [0.717, 1.165) is 44.9 Å². The van der Waals surface area contributed by atoms with Crippen LogP contribution in [0.15, 0.2) is 24.3 Å². The Hall–Kier alpha value is -2.57. The van der Waals surface area contributed by atoms with Crippen molar-refractivity contribution in [3.8, 4) is 5.75 Å². The lowest BCUT2D eigenvalue weighted by Crippen LogP contribution is -2.49. The lowest BCUT2D eigenvalue weighted by molar-refractivity contribution is -0.139. The Balaban J connectivity index is 1.42. The van der Waals surface area contributed by atoms with Gasteiger partial charge in [-0.1, -0.05) is 19.3 Å². The summed E-state index contributed by atoms with van der Waals surface area (Å²) in [6, 6.07) is 7.07. The van der Waals surface area contributed by atoms with E-state index in [4.69, 9.17) is 9.47 Å². The molecule has 0 bridgehead atoms. The summed E-state index contributed by atoms with van der Waals surface area (Å²) in [5.41, 5.74) is 0.336. The zero-order valence-corrected chi connectivity index (χ0v) is 18.6. The lowest BCUT2D eigenvalue weighted by atomic mass is 9.95. The SMILES string of the molecule is CC1CCCC(C)N1C(=O)COc1ccc(C(=O)OCC(=O)NC2CCCCC2)cc1. The number of likely N-dealkylation sites (tertiary alicyclic amines) is 1. The number of ether oxygens (including phenoxy) is 2. The fourth-order valence-corrected chi connectivity index (χ4v) is 4.55. The first-order chi connectivity index (χ1) is 14.9. The molecule has 7 heteroatoms. The van der Waals surface area contributed by atoms with E-state index >= 15 is 0 Å².